The molecule has 0 aromatic carbocycles. The van der Waals surface area contributed by atoms with Crippen LogP contribution in [0.4, 0.5) is 0 Å². The monoisotopic (exact) mass is 382 g/mol. The lowest BCUT2D eigenvalue weighted by atomic mass is 9.99. The first-order valence-corrected chi connectivity index (χ1v) is 10.8. The standard InChI is InChI=1S/C22H38O5/c1-3-17(2)14-12-10-8-6-4-5-7-9-11-13-15-18(24)20-21(25)19(16-23)27-22(20)26/h17,19,23,25H,3-16H2,1-2H3. The number of Topliss-reactive ketones (excluding diaryl/α,β-unsaturated/α-hetero) is 1. The molecule has 0 fully saturated rings. The highest BCUT2D eigenvalue weighted by atomic mass is 16.6. The van der Waals surface area contributed by atoms with Gasteiger partial charge < -0.3 is 14.9 Å². The van der Waals surface area contributed by atoms with Gasteiger partial charge in [-0.1, -0.05) is 84.5 Å². The highest BCUT2D eigenvalue weighted by Crippen LogP contribution is 2.23. The van der Waals surface area contributed by atoms with E-state index in [1.165, 1.54) is 57.8 Å². The van der Waals surface area contributed by atoms with Gasteiger partial charge >= 0.3 is 5.97 Å². The average molecular weight is 383 g/mol. The van der Waals surface area contributed by atoms with Crippen LogP contribution in [0.25, 0.3) is 0 Å². The van der Waals surface area contributed by atoms with Crippen molar-refractivity contribution in [2.75, 3.05) is 6.61 Å². The van der Waals surface area contributed by atoms with Gasteiger partial charge in [0.05, 0.1) is 6.61 Å². The van der Waals surface area contributed by atoms with E-state index in [0.717, 1.165) is 18.8 Å². The zero-order valence-electron chi connectivity index (χ0n) is 17.2. The molecule has 2 N–H and O–H groups in total. The Morgan fingerprint density at radius 1 is 1.00 bits per heavy atom. The molecule has 0 bridgehead atoms. The number of rotatable bonds is 16. The number of aliphatic hydroxyl groups is 2. The molecule has 5 nitrogen and oxygen atoms in total. The zero-order chi connectivity index (χ0) is 20.1. The summed E-state index contributed by atoms with van der Waals surface area (Å²) in [4.78, 5) is 23.6. The summed E-state index contributed by atoms with van der Waals surface area (Å²) in [6, 6.07) is 0. The van der Waals surface area contributed by atoms with Crippen molar-refractivity contribution in [3.8, 4) is 0 Å². The fraction of sp³-hybridized carbons (Fsp3) is 0.818. The maximum Gasteiger partial charge on any atom is 0.346 e. The second-order valence-corrected chi connectivity index (χ2v) is 7.85. The van der Waals surface area contributed by atoms with Crippen LogP contribution in [-0.4, -0.2) is 34.7 Å². The molecule has 1 heterocycles. The average Bonchev–Trinajstić information content (AvgIpc) is 2.95. The van der Waals surface area contributed by atoms with E-state index in [1.54, 1.807) is 0 Å². The van der Waals surface area contributed by atoms with Gasteiger partial charge in [0.25, 0.3) is 0 Å². The molecule has 0 spiro atoms. The van der Waals surface area contributed by atoms with E-state index in [-0.39, 0.29) is 17.8 Å². The first kappa shape index (κ1) is 23.7. The second kappa shape index (κ2) is 13.8. The summed E-state index contributed by atoms with van der Waals surface area (Å²) in [6.07, 6.45) is 13.7. The number of hydrogen-bond acceptors (Lipinski definition) is 5. The number of carbonyl (C=O) groups is 2. The van der Waals surface area contributed by atoms with Crippen molar-refractivity contribution >= 4 is 11.8 Å². The Bertz CT molecular complexity index is 483. The highest BCUT2D eigenvalue weighted by Gasteiger charge is 2.37. The molecule has 156 valence electrons. The van der Waals surface area contributed by atoms with Crippen LogP contribution in [0.5, 0.6) is 0 Å². The fourth-order valence-electron chi connectivity index (χ4n) is 3.41. The van der Waals surface area contributed by atoms with E-state index in [0.29, 0.717) is 6.42 Å². The van der Waals surface area contributed by atoms with Crippen LogP contribution in [0.2, 0.25) is 0 Å². The van der Waals surface area contributed by atoms with Crippen molar-refractivity contribution in [2.24, 2.45) is 5.92 Å². The van der Waals surface area contributed by atoms with Gasteiger partial charge in [0, 0.05) is 6.42 Å². The normalized spacial score (nSPS) is 18.0. The lowest BCUT2D eigenvalue weighted by molar-refractivity contribution is -0.142. The number of ketones is 1. The predicted octanol–water partition coefficient (Wildman–Crippen LogP) is 5.01. The maximum absolute atomic E-state index is 12.0. The smallest absolute Gasteiger partial charge is 0.346 e. The summed E-state index contributed by atoms with van der Waals surface area (Å²) in [6.45, 7) is 4.08. The van der Waals surface area contributed by atoms with E-state index < -0.39 is 24.4 Å². The minimum absolute atomic E-state index is 0.239. The molecule has 0 amide bonds. The third-order valence-corrected chi connectivity index (χ3v) is 5.51. The molecule has 5 heteroatoms. The van der Waals surface area contributed by atoms with E-state index in [1.807, 2.05) is 0 Å². The number of esters is 1. The van der Waals surface area contributed by atoms with Crippen LogP contribution in [0.3, 0.4) is 0 Å². The summed E-state index contributed by atoms with van der Waals surface area (Å²) in [5, 5.41) is 18.7. The molecule has 27 heavy (non-hydrogen) atoms. The van der Waals surface area contributed by atoms with Gasteiger partial charge in [-0.2, -0.15) is 0 Å². The van der Waals surface area contributed by atoms with Gasteiger partial charge in [-0.05, 0) is 12.3 Å². The van der Waals surface area contributed by atoms with Gasteiger partial charge in [-0.3, -0.25) is 4.79 Å². The molecule has 0 radical (unpaired) electrons. The molecule has 0 aromatic heterocycles. The number of carbonyl (C=O) groups excluding carboxylic acids is 2. The van der Waals surface area contributed by atoms with Crippen LogP contribution >= 0.6 is 0 Å². The predicted molar refractivity (Wildman–Crippen MR) is 106 cm³/mol. The van der Waals surface area contributed by atoms with Crippen molar-refractivity contribution in [1.82, 2.24) is 0 Å². The summed E-state index contributed by atoms with van der Waals surface area (Å²) in [5.74, 6) is -0.754. The second-order valence-electron chi connectivity index (χ2n) is 7.85. The van der Waals surface area contributed by atoms with E-state index in [2.05, 4.69) is 13.8 Å². The minimum Gasteiger partial charge on any atom is -0.507 e. The molecular formula is C22H38O5. The highest BCUT2D eigenvalue weighted by molar-refractivity contribution is 6.19. The van der Waals surface area contributed by atoms with Crippen LogP contribution in [0, 0.1) is 5.92 Å². The summed E-state index contributed by atoms with van der Waals surface area (Å²) >= 11 is 0. The topological polar surface area (TPSA) is 83.8 Å². The largest absolute Gasteiger partial charge is 0.507 e. The summed E-state index contributed by atoms with van der Waals surface area (Å²) in [5.41, 5.74) is -0.276. The molecule has 0 aromatic rings. The Hall–Kier alpha value is -1.36. The van der Waals surface area contributed by atoms with Crippen molar-refractivity contribution in [2.45, 2.75) is 103 Å². The van der Waals surface area contributed by atoms with Gasteiger partial charge in [-0.25, -0.2) is 4.79 Å². The van der Waals surface area contributed by atoms with Crippen LogP contribution in [0.1, 0.15) is 97.3 Å². The van der Waals surface area contributed by atoms with Crippen molar-refractivity contribution in [1.29, 1.82) is 0 Å². The zero-order valence-corrected chi connectivity index (χ0v) is 17.2. The number of ether oxygens (including phenoxy) is 1. The third kappa shape index (κ3) is 8.91. The molecule has 2 atom stereocenters. The van der Waals surface area contributed by atoms with Gasteiger partial charge in [0.15, 0.2) is 17.6 Å². The number of aliphatic hydroxyl groups excluding tert-OH is 2. The Labute approximate surface area is 164 Å². The molecule has 2 unspecified atom stereocenters. The third-order valence-electron chi connectivity index (χ3n) is 5.51. The molecule has 0 saturated heterocycles. The molecule has 0 saturated carbocycles. The van der Waals surface area contributed by atoms with Gasteiger partial charge in [0.1, 0.15) is 5.57 Å². The molecule has 1 rings (SSSR count). The van der Waals surface area contributed by atoms with Gasteiger partial charge in [-0.15, -0.1) is 0 Å². The molecule has 1 aliphatic rings. The fourth-order valence-corrected chi connectivity index (χ4v) is 3.41. The SMILES string of the molecule is CCC(C)CCCCCCCCCCCCC(=O)C1=C(O)C(CO)OC1=O. The number of hydrogen-bond donors (Lipinski definition) is 2. The first-order chi connectivity index (χ1) is 13.0. The molecule has 0 aliphatic carbocycles. The van der Waals surface area contributed by atoms with Crippen molar-refractivity contribution in [3.05, 3.63) is 11.3 Å². The van der Waals surface area contributed by atoms with E-state index in [9.17, 15) is 14.7 Å². The van der Waals surface area contributed by atoms with Crippen LogP contribution in [-0.2, 0) is 14.3 Å². The quantitative estimate of drug-likeness (QED) is 0.223. The van der Waals surface area contributed by atoms with Crippen molar-refractivity contribution in [3.63, 3.8) is 0 Å². The Kier molecular flexibility index (Phi) is 12.1. The Balaban J connectivity index is 1.98. The van der Waals surface area contributed by atoms with Crippen LogP contribution < -0.4 is 0 Å². The molecular weight excluding hydrogens is 344 g/mol. The first-order valence-electron chi connectivity index (χ1n) is 10.8. The Morgan fingerprint density at radius 2 is 1.52 bits per heavy atom. The molecule has 1 aliphatic heterocycles. The van der Waals surface area contributed by atoms with E-state index >= 15 is 0 Å². The summed E-state index contributed by atoms with van der Waals surface area (Å²) < 4.78 is 4.75. The van der Waals surface area contributed by atoms with Crippen molar-refractivity contribution < 1.29 is 24.5 Å². The number of unbranched alkanes of at least 4 members (excludes halogenated alkanes) is 9. The summed E-state index contributed by atoms with van der Waals surface area (Å²) in [7, 11) is 0. The maximum atomic E-state index is 12.0. The van der Waals surface area contributed by atoms with Crippen LogP contribution in [0.15, 0.2) is 11.3 Å². The van der Waals surface area contributed by atoms with Gasteiger partial charge in [0.2, 0.25) is 0 Å². The number of cyclic esters (lactones) is 1. The Morgan fingerprint density at radius 3 is 2.00 bits per heavy atom. The lowest BCUT2D eigenvalue weighted by Gasteiger charge is -2.07. The minimum atomic E-state index is -1.08. The lowest BCUT2D eigenvalue weighted by Crippen LogP contribution is -2.15. The van der Waals surface area contributed by atoms with E-state index in [4.69, 9.17) is 9.84 Å².